The third kappa shape index (κ3) is 4.29. The lowest BCUT2D eigenvalue weighted by Crippen LogP contribution is -2.49. The van der Waals surface area contributed by atoms with Crippen molar-refractivity contribution in [2.24, 2.45) is 0 Å². The highest BCUT2D eigenvalue weighted by Crippen LogP contribution is 2.35. The van der Waals surface area contributed by atoms with Crippen molar-refractivity contribution in [3.8, 4) is 0 Å². The van der Waals surface area contributed by atoms with Crippen LogP contribution in [-0.2, 0) is 24.4 Å². The number of amides is 2. The van der Waals surface area contributed by atoms with Crippen molar-refractivity contribution in [1.29, 1.82) is 0 Å². The minimum Gasteiger partial charge on any atom is -0.375 e. The molecule has 27 heavy (non-hydrogen) atoms. The zero-order valence-corrected chi connectivity index (χ0v) is 16.6. The number of ether oxygens (including phenoxy) is 1. The summed E-state index contributed by atoms with van der Waals surface area (Å²) in [6.07, 6.45) is 6.72. The van der Waals surface area contributed by atoms with Gasteiger partial charge in [0.2, 0.25) is 0 Å². The summed E-state index contributed by atoms with van der Waals surface area (Å²) in [5, 5.41) is 7.74. The minimum absolute atomic E-state index is 0.0263. The lowest BCUT2D eigenvalue weighted by molar-refractivity contribution is -0.0361. The first kappa shape index (κ1) is 18.7. The highest BCUT2D eigenvalue weighted by Gasteiger charge is 2.39. The van der Waals surface area contributed by atoms with Crippen LogP contribution < -0.4 is 5.32 Å². The Morgan fingerprint density at radius 1 is 1.26 bits per heavy atom. The van der Waals surface area contributed by atoms with Gasteiger partial charge in [0, 0.05) is 32.8 Å². The molecule has 0 bridgehead atoms. The maximum Gasteiger partial charge on any atom is 0.317 e. The normalized spacial score (nSPS) is 22.2. The SMILES string of the molecule is CCCCN1CCn2nc(CNC(=O)N3CCC4(CCCO4)CC3)cc2C1. The fourth-order valence-electron chi connectivity index (χ4n) is 4.58. The van der Waals surface area contributed by atoms with Gasteiger partial charge < -0.3 is 15.0 Å². The molecule has 2 fully saturated rings. The van der Waals surface area contributed by atoms with Crippen LogP contribution in [0.2, 0.25) is 0 Å². The molecule has 7 nitrogen and oxygen atoms in total. The van der Waals surface area contributed by atoms with Crippen molar-refractivity contribution in [1.82, 2.24) is 24.9 Å². The highest BCUT2D eigenvalue weighted by molar-refractivity contribution is 5.74. The van der Waals surface area contributed by atoms with Crippen LogP contribution in [0.3, 0.4) is 0 Å². The topological polar surface area (TPSA) is 62.6 Å². The van der Waals surface area contributed by atoms with Crippen LogP contribution in [0.15, 0.2) is 6.07 Å². The van der Waals surface area contributed by atoms with E-state index < -0.39 is 0 Å². The fraction of sp³-hybridized carbons (Fsp3) is 0.800. The summed E-state index contributed by atoms with van der Waals surface area (Å²) in [4.78, 5) is 16.9. The maximum atomic E-state index is 12.5. The predicted molar refractivity (Wildman–Crippen MR) is 103 cm³/mol. The molecule has 0 saturated carbocycles. The van der Waals surface area contributed by atoms with Gasteiger partial charge in [0.15, 0.2) is 0 Å². The van der Waals surface area contributed by atoms with Crippen LogP contribution in [-0.4, -0.2) is 64.0 Å². The number of nitrogens with zero attached hydrogens (tertiary/aromatic N) is 4. The summed E-state index contributed by atoms with van der Waals surface area (Å²) in [6, 6.07) is 2.18. The van der Waals surface area contributed by atoms with Gasteiger partial charge in [-0.25, -0.2) is 4.79 Å². The lowest BCUT2D eigenvalue weighted by Gasteiger charge is -2.38. The van der Waals surface area contributed by atoms with E-state index in [4.69, 9.17) is 4.74 Å². The van der Waals surface area contributed by atoms with Crippen molar-refractivity contribution in [2.45, 2.75) is 70.7 Å². The first-order valence-electron chi connectivity index (χ1n) is 10.6. The number of carbonyl (C=O) groups is 1. The van der Waals surface area contributed by atoms with Crippen LogP contribution in [0.5, 0.6) is 0 Å². The van der Waals surface area contributed by atoms with E-state index in [1.54, 1.807) is 0 Å². The number of unbranched alkanes of at least 4 members (excludes halogenated alkanes) is 1. The van der Waals surface area contributed by atoms with Crippen molar-refractivity contribution in [3.05, 3.63) is 17.5 Å². The molecule has 1 aromatic rings. The van der Waals surface area contributed by atoms with E-state index in [-0.39, 0.29) is 11.6 Å². The summed E-state index contributed by atoms with van der Waals surface area (Å²) >= 11 is 0. The first-order valence-corrected chi connectivity index (χ1v) is 10.6. The zero-order chi connectivity index (χ0) is 18.7. The molecular formula is C20H33N5O2. The summed E-state index contributed by atoms with van der Waals surface area (Å²) in [7, 11) is 0. The predicted octanol–water partition coefficient (Wildman–Crippen LogP) is 2.35. The highest BCUT2D eigenvalue weighted by atomic mass is 16.5. The molecule has 150 valence electrons. The molecule has 0 unspecified atom stereocenters. The molecule has 7 heteroatoms. The number of aromatic nitrogens is 2. The van der Waals surface area contributed by atoms with Gasteiger partial charge in [0.1, 0.15) is 0 Å². The number of piperidine rings is 1. The molecular weight excluding hydrogens is 342 g/mol. The van der Waals surface area contributed by atoms with E-state index in [1.807, 2.05) is 4.90 Å². The number of hydrogen-bond acceptors (Lipinski definition) is 4. The van der Waals surface area contributed by atoms with Crippen LogP contribution >= 0.6 is 0 Å². The molecule has 3 aliphatic rings. The van der Waals surface area contributed by atoms with Crippen LogP contribution in [0.4, 0.5) is 4.79 Å². The molecule has 1 N–H and O–H groups in total. The Bertz CT molecular complexity index is 643. The average molecular weight is 376 g/mol. The van der Waals surface area contributed by atoms with Gasteiger partial charge in [-0.1, -0.05) is 13.3 Å². The lowest BCUT2D eigenvalue weighted by atomic mass is 9.89. The third-order valence-corrected chi connectivity index (χ3v) is 6.32. The van der Waals surface area contributed by atoms with Gasteiger partial charge in [-0.15, -0.1) is 0 Å². The van der Waals surface area contributed by atoms with Crippen molar-refractivity contribution < 1.29 is 9.53 Å². The molecule has 4 rings (SSSR count). The number of nitrogens with one attached hydrogen (secondary N) is 1. The van der Waals surface area contributed by atoms with Crippen LogP contribution in [0.1, 0.15) is 56.8 Å². The Labute approximate surface area is 162 Å². The zero-order valence-electron chi connectivity index (χ0n) is 16.6. The molecule has 3 aliphatic heterocycles. The van der Waals surface area contributed by atoms with Crippen LogP contribution in [0.25, 0.3) is 0 Å². The van der Waals surface area contributed by atoms with E-state index >= 15 is 0 Å². The molecule has 2 saturated heterocycles. The summed E-state index contributed by atoms with van der Waals surface area (Å²) in [5.74, 6) is 0. The number of hydrogen-bond donors (Lipinski definition) is 1. The van der Waals surface area contributed by atoms with Crippen molar-refractivity contribution >= 4 is 6.03 Å². The standard InChI is InChI=1S/C20H33N5O2/c1-2-3-8-23-11-12-25-18(16-23)14-17(22-25)15-21-19(26)24-9-6-20(7-10-24)5-4-13-27-20/h14H,2-13,15-16H2,1H3,(H,21,26). The minimum atomic E-state index is 0.0263. The molecule has 1 spiro atoms. The summed E-state index contributed by atoms with van der Waals surface area (Å²) in [5.41, 5.74) is 2.28. The molecule has 0 aromatic carbocycles. The van der Waals surface area contributed by atoms with Gasteiger partial charge in [-0.05, 0) is 44.7 Å². The Morgan fingerprint density at radius 2 is 2.11 bits per heavy atom. The monoisotopic (exact) mass is 375 g/mol. The number of urea groups is 1. The summed E-state index contributed by atoms with van der Waals surface area (Å²) in [6.45, 7) is 9.34. The summed E-state index contributed by atoms with van der Waals surface area (Å²) < 4.78 is 8.05. The second-order valence-electron chi connectivity index (χ2n) is 8.26. The van der Waals surface area contributed by atoms with Gasteiger partial charge >= 0.3 is 6.03 Å². The quantitative estimate of drug-likeness (QED) is 0.858. The van der Waals surface area contributed by atoms with E-state index in [1.165, 1.54) is 18.5 Å². The Kier molecular flexibility index (Phi) is 5.68. The van der Waals surface area contributed by atoms with E-state index in [0.29, 0.717) is 6.54 Å². The number of carbonyl (C=O) groups excluding carboxylic acids is 1. The average Bonchev–Trinajstić information content (AvgIpc) is 3.31. The Hall–Kier alpha value is -1.60. The van der Waals surface area contributed by atoms with Crippen molar-refractivity contribution in [2.75, 3.05) is 32.8 Å². The van der Waals surface area contributed by atoms with Gasteiger partial charge in [-0.3, -0.25) is 9.58 Å². The fourth-order valence-corrected chi connectivity index (χ4v) is 4.58. The number of likely N-dealkylation sites (tertiary alicyclic amines) is 1. The second-order valence-corrected chi connectivity index (χ2v) is 8.26. The third-order valence-electron chi connectivity index (χ3n) is 6.32. The van der Waals surface area contributed by atoms with E-state index in [0.717, 1.165) is 77.3 Å². The molecule has 4 heterocycles. The Morgan fingerprint density at radius 3 is 2.85 bits per heavy atom. The van der Waals surface area contributed by atoms with Crippen LogP contribution in [0, 0.1) is 0 Å². The second kappa shape index (κ2) is 8.19. The molecule has 0 atom stereocenters. The van der Waals surface area contributed by atoms with Gasteiger partial charge in [0.25, 0.3) is 0 Å². The first-order chi connectivity index (χ1) is 13.2. The Balaban J connectivity index is 1.25. The van der Waals surface area contributed by atoms with E-state index in [9.17, 15) is 4.79 Å². The molecule has 0 aliphatic carbocycles. The number of fused-ring (bicyclic) bond motifs is 1. The largest absolute Gasteiger partial charge is 0.375 e. The van der Waals surface area contributed by atoms with E-state index in [2.05, 4.69) is 33.0 Å². The molecule has 2 amide bonds. The van der Waals surface area contributed by atoms with Gasteiger partial charge in [0.05, 0.1) is 30.1 Å². The van der Waals surface area contributed by atoms with Crippen molar-refractivity contribution in [3.63, 3.8) is 0 Å². The number of rotatable bonds is 5. The van der Waals surface area contributed by atoms with Gasteiger partial charge in [-0.2, -0.15) is 5.10 Å². The maximum absolute atomic E-state index is 12.5. The molecule has 1 aromatic heterocycles. The smallest absolute Gasteiger partial charge is 0.317 e. The molecule has 0 radical (unpaired) electrons.